The molecule has 1 amide bonds. The topological polar surface area (TPSA) is 46.9 Å². The van der Waals surface area contributed by atoms with Crippen molar-refractivity contribution in [1.82, 2.24) is 15.1 Å². The molecule has 4 nitrogen and oxygen atoms in total. The van der Waals surface area contributed by atoms with Crippen LogP contribution in [0.15, 0.2) is 48.8 Å². The third-order valence-corrected chi connectivity index (χ3v) is 4.72. The van der Waals surface area contributed by atoms with Crippen molar-refractivity contribution in [3.05, 3.63) is 54.4 Å². The molecule has 1 atom stereocenters. The second kappa shape index (κ2) is 7.95. The average molecular weight is 311 g/mol. The normalized spacial score (nSPS) is 16.9. The third kappa shape index (κ3) is 4.44. The van der Waals surface area contributed by atoms with Crippen LogP contribution in [0.5, 0.6) is 0 Å². The quantitative estimate of drug-likeness (QED) is 0.884. The van der Waals surface area contributed by atoms with Gasteiger partial charge in [0.25, 0.3) is 0 Å². The summed E-state index contributed by atoms with van der Waals surface area (Å²) in [7, 11) is 0. The molecular weight excluding hydrogens is 286 g/mol. The summed E-state index contributed by atoms with van der Waals surface area (Å²) in [6.45, 7) is 0.630. The van der Waals surface area contributed by atoms with Crippen LogP contribution in [0, 0.1) is 5.92 Å². The van der Waals surface area contributed by atoms with E-state index >= 15 is 0 Å². The molecule has 2 aromatic rings. The minimum atomic E-state index is 0.111. The molecule has 1 N–H and O–H groups in total. The maximum atomic E-state index is 12.4. The molecule has 0 radical (unpaired) electrons. The number of carbonyl (C=O) groups excluding carboxylic acids is 1. The van der Waals surface area contributed by atoms with E-state index in [1.54, 1.807) is 10.9 Å². The van der Waals surface area contributed by atoms with Gasteiger partial charge in [-0.15, -0.1) is 0 Å². The number of hydrogen-bond acceptors (Lipinski definition) is 2. The van der Waals surface area contributed by atoms with E-state index in [9.17, 15) is 4.79 Å². The fraction of sp³-hybridized carbons (Fsp3) is 0.474. The van der Waals surface area contributed by atoms with Gasteiger partial charge in [-0.2, -0.15) is 5.10 Å². The number of nitrogens with zero attached hydrogens (tertiary/aromatic N) is 2. The maximum Gasteiger partial charge on any atom is 0.222 e. The van der Waals surface area contributed by atoms with E-state index in [2.05, 4.69) is 34.7 Å². The Morgan fingerprint density at radius 3 is 2.65 bits per heavy atom. The number of aromatic nitrogens is 2. The van der Waals surface area contributed by atoms with Crippen molar-refractivity contribution < 1.29 is 4.79 Å². The Morgan fingerprint density at radius 1 is 1.17 bits per heavy atom. The summed E-state index contributed by atoms with van der Waals surface area (Å²) in [5.41, 5.74) is 1.23. The Labute approximate surface area is 137 Å². The van der Waals surface area contributed by atoms with Crippen LogP contribution in [-0.4, -0.2) is 15.7 Å². The summed E-state index contributed by atoms with van der Waals surface area (Å²) < 4.78 is 1.80. The standard InChI is InChI=1S/C19H25N3O/c23-18(12-15-22-14-7-13-20-22)21-19(16-8-3-1-4-9-16)17-10-5-2-6-11-17/h1,3-4,7-9,13-14,17,19H,2,5-6,10-12,15H2,(H,21,23). The van der Waals surface area contributed by atoms with Crippen molar-refractivity contribution in [1.29, 1.82) is 0 Å². The maximum absolute atomic E-state index is 12.4. The van der Waals surface area contributed by atoms with Gasteiger partial charge < -0.3 is 5.32 Å². The van der Waals surface area contributed by atoms with Gasteiger partial charge in [0.1, 0.15) is 0 Å². The fourth-order valence-electron chi connectivity index (χ4n) is 3.50. The summed E-state index contributed by atoms with van der Waals surface area (Å²) in [5.74, 6) is 0.666. The summed E-state index contributed by atoms with van der Waals surface area (Å²) in [5, 5.41) is 7.44. The predicted molar refractivity (Wildman–Crippen MR) is 90.7 cm³/mol. The lowest BCUT2D eigenvalue weighted by Gasteiger charge is -2.31. The smallest absolute Gasteiger partial charge is 0.222 e. The summed E-state index contributed by atoms with van der Waals surface area (Å²) >= 11 is 0. The summed E-state index contributed by atoms with van der Waals surface area (Å²) in [4.78, 5) is 12.4. The zero-order valence-corrected chi connectivity index (χ0v) is 13.5. The SMILES string of the molecule is O=C(CCn1cccn1)NC(c1ccccc1)C1CCCCC1. The molecule has 1 fully saturated rings. The zero-order valence-electron chi connectivity index (χ0n) is 13.5. The van der Waals surface area contributed by atoms with Gasteiger partial charge >= 0.3 is 0 Å². The Morgan fingerprint density at radius 2 is 1.96 bits per heavy atom. The van der Waals surface area contributed by atoms with Gasteiger partial charge in [0.15, 0.2) is 0 Å². The lowest BCUT2D eigenvalue weighted by atomic mass is 9.81. The minimum absolute atomic E-state index is 0.111. The van der Waals surface area contributed by atoms with E-state index in [0.29, 0.717) is 18.9 Å². The van der Waals surface area contributed by atoms with Crippen molar-refractivity contribution in [3.63, 3.8) is 0 Å². The van der Waals surface area contributed by atoms with Gasteiger partial charge in [0.05, 0.1) is 6.04 Å². The van der Waals surface area contributed by atoms with Crippen molar-refractivity contribution in [2.24, 2.45) is 5.92 Å². The van der Waals surface area contributed by atoms with E-state index < -0.39 is 0 Å². The molecule has 3 rings (SSSR count). The van der Waals surface area contributed by atoms with E-state index in [1.807, 2.05) is 18.3 Å². The fourth-order valence-corrected chi connectivity index (χ4v) is 3.50. The van der Waals surface area contributed by atoms with E-state index in [0.717, 1.165) is 0 Å². The van der Waals surface area contributed by atoms with E-state index in [1.165, 1.54) is 37.7 Å². The Hall–Kier alpha value is -2.10. The molecule has 1 aromatic carbocycles. The average Bonchev–Trinajstić information content (AvgIpc) is 3.13. The Balaban J connectivity index is 1.64. The van der Waals surface area contributed by atoms with Crippen LogP contribution in [0.25, 0.3) is 0 Å². The molecule has 122 valence electrons. The zero-order chi connectivity index (χ0) is 15.9. The Kier molecular flexibility index (Phi) is 5.46. The molecule has 0 aliphatic heterocycles. The van der Waals surface area contributed by atoms with Gasteiger partial charge in [-0.3, -0.25) is 9.48 Å². The second-order valence-electron chi connectivity index (χ2n) is 6.37. The lowest BCUT2D eigenvalue weighted by Crippen LogP contribution is -2.34. The van der Waals surface area contributed by atoms with Crippen molar-refractivity contribution in [3.8, 4) is 0 Å². The number of amides is 1. The number of hydrogen-bond donors (Lipinski definition) is 1. The van der Waals surface area contributed by atoms with Crippen LogP contribution in [0.2, 0.25) is 0 Å². The first-order valence-electron chi connectivity index (χ1n) is 8.64. The molecule has 0 saturated heterocycles. The van der Waals surface area contributed by atoms with Crippen molar-refractivity contribution in [2.75, 3.05) is 0 Å². The van der Waals surface area contributed by atoms with Gasteiger partial charge in [-0.25, -0.2) is 0 Å². The second-order valence-corrected chi connectivity index (χ2v) is 6.37. The van der Waals surface area contributed by atoms with Gasteiger partial charge in [-0.05, 0) is 30.4 Å². The van der Waals surface area contributed by atoms with Gasteiger partial charge in [-0.1, -0.05) is 49.6 Å². The van der Waals surface area contributed by atoms with Gasteiger partial charge in [0, 0.05) is 25.4 Å². The van der Waals surface area contributed by atoms with Crippen molar-refractivity contribution >= 4 is 5.91 Å². The molecule has 1 heterocycles. The molecule has 1 aliphatic rings. The van der Waals surface area contributed by atoms with Crippen LogP contribution in [0.3, 0.4) is 0 Å². The highest BCUT2D eigenvalue weighted by atomic mass is 16.1. The highest BCUT2D eigenvalue weighted by Crippen LogP contribution is 2.34. The molecule has 1 aliphatic carbocycles. The Bertz CT molecular complexity index is 588. The first-order valence-corrected chi connectivity index (χ1v) is 8.64. The molecule has 1 aromatic heterocycles. The van der Waals surface area contributed by atoms with Crippen LogP contribution >= 0.6 is 0 Å². The lowest BCUT2D eigenvalue weighted by molar-refractivity contribution is -0.122. The van der Waals surface area contributed by atoms with E-state index in [4.69, 9.17) is 0 Å². The summed E-state index contributed by atoms with van der Waals surface area (Å²) in [6, 6.07) is 12.4. The molecular formula is C19H25N3O. The van der Waals surface area contributed by atoms with E-state index in [-0.39, 0.29) is 11.9 Å². The van der Waals surface area contributed by atoms with Crippen molar-refractivity contribution in [2.45, 2.75) is 51.1 Å². The highest BCUT2D eigenvalue weighted by molar-refractivity contribution is 5.76. The summed E-state index contributed by atoms with van der Waals surface area (Å²) in [6.07, 6.45) is 10.4. The monoisotopic (exact) mass is 311 g/mol. The molecule has 4 heteroatoms. The number of carbonyl (C=O) groups is 1. The molecule has 23 heavy (non-hydrogen) atoms. The number of nitrogens with one attached hydrogen (secondary N) is 1. The first-order chi connectivity index (χ1) is 11.3. The van der Waals surface area contributed by atoms with Crippen LogP contribution in [0.4, 0.5) is 0 Å². The minimum Gasteiger partial charge on any atom is -0.349 e. The first kappa shape index (κ1) is 15.8. The van der Waals surface area contributed by atoms with Crippen LogP contribution in [-0.2, 0) is 11.3 Å². The predicted octanol–water partition coefficient (Wildman–Crippen LogP) is 3.71. The number of rotatable bonds is 6. The third-order valence-electron chi connectivity index (χ3n) is 4.72. The highest BCUT2D eigenvalue weighted by Gasteiger charge is 2.26. The molecule has 0 spiro atoms. The van der Waals surface area contributed by atoms with Crippen LogP contribution < -0.4 is 5.32 Å². The van der Waals surface area contributed by atoms with Gasteiger partial charge in [0.2, 0.25) is 5.91 Å². The molecule has 1 unspecified atom stereocenters. The van der Waals surface area contributed by atoms with Crippen LogP contribution in [0.1, 0.15) is 50.1 Å². The largest absolute Gasteiger partial charge is 0.349 e. The molecule has 0 bridgehead atoms. The number of aryl methyl sites for hydroxylation is 1. The molecule has 1 saturated carbocycles. The number of benzene rings is 1.